The number of carbonyl (C=O) groups is 1. The zero-order chi connectivity index (χ0) is 15.5. The van der Waals surface area contributed by atoms with Gasteiger partial charge in [0.2, 0.25) is 5.91 Å². The van der Waals surface area contributed by atoms with E-state index in [9.17, 15) is 13.2 Å². The summed E-state index contributed by atoms with van der Waals surface area (Å²) in [6, 6.07) is 9.02. The summed E-state index contributed by atoms with van der Waals surface area (Å²) >= 11 is 7.81. The number of rotatable bonds is 4. The van der Waals surface area contributed by atoms with Gasteiger partial charge in [-0.15, -0.1) is 11.6 Å². The molecule has 1 fully saturated rings. The Labute approximate surface area is 134 Å². The maximum atomic E-state index is 12.6. The van der Waals surface area contributed by atoms with E-state index in [1.54, 1.807) is 30.8 Å². The lowest BCUT2D eigenvalue weighted by atomic mass is 10.1. The zero-order valence-electron chi connectivity index (χ0n) is 11.7. The summed E-state index contributed by atoms with van der Waals surface area (Å²) in [7, 11) is -3.31. The number of alkyl halides is 1. The molecule has 2 rings (SSSR count). The Bertz CT molecular complexity index is 591. The fraction of sp³-hybridized carbons (Fsp3) is 0.500. The molecule has 0 bridgehead atoms. The average molecular weight is 348 g/mol. The number of sulfone groups is 1. The van der Waals surface area contributed by atoms with E-state index in [1.165, 1.54) is 4.90 Å². The molecule has 0 radical (unpaired) electrons. The molecule has 7 heteroatoms. The maximum Gasteiger partial charge on any atom is 0.246 e. The highest BCUT2D eigenvalue weighted by atomic mass is 35.5. The average Bonchev–Trinajstić information content (AvgIpc) is 2.54. The molecule has 1 amide bonds. The Morgan fingerprint density at radius 1 is 1.43 bits per heavy atom. The van der Waals surface area contributed by atoms with Crippen LogP contribution in [0.1, 0.15) is 17.9 Å². The van der Waals surface area contributed by atoms with E-state index in [4.69, 9.17) is 11.6 Å². The molecule has 1 aliphatic rings. The van der Waals surface area contributed by atoms with Crippen LogP contribution in [-0.4, -0.2) is 48.4 Å². The number of nitrogens with zero attached hydrogens (tertiary/aromatic N) is 1. The van der Waals surface area contributed by atoms with Gasteiger partial charge < -0.3 is 4.90 Å². The van der Waals surface area contributed by atoms with E-state index in [1.807, 2.05) is 18.2 Å². The van der Waals surface area contributed by atoms with Crippen molar-refractivity contribution in [2.24, 2.45) is 0 Å². The molecule has 1 aliphatic heterocycles. The second kappa shape index (κ2) is 7.03. The monoisotopic (exact) mass is 347 g/mol. The van der Waals surface area contributed by atoms with E-state index in [-0.39, 0.29) is 11.7 Å². The van der Waals surface area contributed by atoms with Gasteiger partial charge in [0.05, 0.1) is 0 Å². The lowest BCUT2D eigenvalue weighted by Gasteiger charge is -2.35. The third-order valence-electron chi connectivity index (χ3n) is 3.49. The molecule has 21 heavy (non-hydrogen) atoms. The molecular formula is C14H18ClNO3S2. The van der Waals surface area contributed by atoms with Crippen LogP contribution in [0.5, 0.6) is 0 Å². The highest BCUT2D eigenvalue weighted by molar-refractivity contribution is 8.01. The zero-order valence-corrected chi connectivity index (χ0v) is 14.1. The number of amides is 1. The van der Waals surface area contributed by atoms with Crippen LogP contribution < -0.4 is 0 Å². The van der Waals surface area contributed by atoms with Crippen molar-refractivity contribution >= 4 is 39.1 Å². The summed E-state index contributed by atoms with van der Waals surface area (Å²) < 4.78 is 24.4. The van der Waals surface area contributed by atoms with Gasteiger partial charge in [0.25, 0.3) is 0 Å². The summed E-state index contributed by atoms with van der Waals surface area (Å²) in [6.45, 7) is 2.02. The van der Waals surface area contributed by atoms with Crippen LogP contribution >= 0.6 is 23.4 Å². The Kier molecular flexibility index (Phi) is 5.57. The molecule has 2 atom stereocenters. The highest BCUT2D eigenvalue weighted by Gasteiger charge is 2.38. The first-order chi connectivity index (χ1) is 9.97. The van der Waals surface area contributed by atoms with Gasteiger partial charge in [-0.1, -0.05) is 37.3 Å². The lowest BCUT2D eigenvalue weighted by molar-refractivity contribution is -0.131. The van der Waals surface area contributed by atoms with Crippen LogP contribution in [0.15, 0.2) is 30.3 Å². The van der Waals surface area contributed by atoms with Crippen molar-refractivity contribution in [2.45, 2.75) is 17.7 Å². The molecular weight excluding hydrogens is 330 g/mol. The molecule has 1 heterocycles. The Hall–Kier alpha value is -0.720. The Morgan fingerprint density at radius 2 is 2.10 bits per heavy atom. The number of thioether (sulfide) groups is 1. The van der Waals surface area contributed by atoms with Crippen LogP contribution in [0.25, 0.3) is 0 Å². The minimum atomic E-state index is -3.31. The molecule has 0 N–H and O–H groups in total. The molecule has 1 saturated heterocycles. The Morgan fingerprint density at radius 3 is 2.71 bits per heavy atom. The summed E-state index contributed by atoms with van der Waals surface area (Å²) in [5.41, 5.74) is 0.690. The molecule has 1 aromatic rings. The van der Waals surface area contributed by atoms with Gasteiger partial charge in [-0.2, -0.15) is 11.8 Å². The van der Waals surface area contributed by atoms with Gasteiger partial charge in [0.1, 0.15) is 10.8 Å². The first-order valence-corrected chi connectivity index (χ1v) is 10.1. The quantitative estimate of drug-likeness (QED) is 0.784. The van der Waals surface area contributed by atoms with Crippen molar-refractivity contribution < 1.29 is 13.2 Å². The maximum absolute atomic E-state index is 12.6. The molecule has 0 spiro atoms. The predicted octanol–water partition coefficient (Wildman–Crippen LogP) is 2.30. The third kappa shape index (κ3) is 3.73. The van der Waals surface area contributed by atoms with E-state index in [2.05, 4.69) is 0 Å². The first-order valence-electron chi connectivity index (χ1n) is 6.76. The molecule has 2 unspecified atom stereocenters. The number of hydrogen-bond acceptors (Lipinski definition) is 4. The van der Waals surface area contributed by atoms with Crippen molar-refractivity contribution in [1.29, 1.82) is 0 Å². The first kappa shape index (κ1) is 16.6. The van der Waals surface area contributed by atoms with Gasteiger partial charge in [-0.25, -0.2) is 8.42 Å². The largest absolute Gasteiger partial charge is 0.322 e. The van der Waals surface area contributed by atoms with Crippen molar-refractivity contribution in [1.82, 2.24) is 4.90 Å². The van der Waals surface area contributed by atoms with Crippen LogP contribution in [0, 0.1) is 0 Å². The van der Waals surface area contributed by atoms with E-state index in [0.717, 1.165) is 5.75 Å². The van der Waals surface area contributed by atoms with Gasteiger partial charge in [0.15, 0.2) is 9.84 Å². The lowest BCUT2D eigenvalue weighted by Crippen LogP contribution is -2.51. The van der Waals surface area contributed by atoms with E-state index >= 15 is 0 Å². The summed E-state index contributed by atoms with van der Waals surface area (Å²) in [4.78, 5) is 14.0. The fourth-order valence-electron chi connectivity index (χ4n) is 2.23. The van der Waals surface area contributed by atoms with Gasteiger partial charge >= 0.3 is 0 Å². The van der Waals surface area contributed by atoms with Crippen molar-refractivity contribution in [3.63, 3.8) is 0 Å². The van der Waals surface area contributed by atoms with Gasteiger partial charge in [-0.3, -0.25) is 4.79 Å². The van der Waals surface area contributed by atoms with E-state index in [0.29, 0.717) is 17.9 Å². The second-order valence-electron chi connectivity index (χ2n) is 4.79. The molecule has 0 saturated carbocycles. The van der Waals surface area contributed by atoms with Crippen molar-refractivity contribution in [2.75, 3.05) is 23.8 Å². The third-order valence-corrected chi connectivity index (χ3v) is 7.22. The van der Waals surface area contributed by atoms with Gasteiger partial charge in [-0.05, 0) is 5.56 Å². The smallest absolute Gasteiger partial charge is 0.246 e. The van der Waals surface area contributed by atoms with Crippen molar-refractivity contribution in [3.05, 3.63) is 35.9 Å². The standard InChI is InChI=1S/C14H18ClNO3S2/c1-2-21(18,19)12-10-20-9-8-16(12)14(17)13(15)11-6-4-3-5-7-11/h3-7,12-13H,2,8-10H2,1H3. The molecule has 116 valence electrons. The topological polar surface area (TPSA) is 54.5 Å². The van der Waals surface area contributed by atoms with E-state index < -0.39 is 20.6 Å². The molecule has 0 aromatic heterocycles. The Balaban J connectivity index is 2.23. The summed E-state index contributed by atoms with van der Waals surface area (Å²) in [6.07, 6.45) is 0. The number of halogens is 1. The minimum Gasteiger partial charge on any atom is -0.322 e. The van der Waals surface area contributed by atoms with Crippen LogP contribution in [-0.2, 0) is 14.6 Å². The molecule has 1 aromatic carbocycles. The number of carbonyl (C=O) groups excluding carboxylic acids is 1. The predicted molar refractivity (Wildman–Crippen MR) is 87.3 cm³/mol. The normalized spacial score (nSPS) is 21.0. The molecule has 0 aliphatic carbocycles. The minimum absolute atomic E-state index is 0.0281. The van der Waals surface area contributed by atoms with Crippen LogP contribution in [0.3, 0.4) is 0 Å². The summed E-state index contributed by atoms with van der Waals surface area (Å²) in [5.74, 6) is 0.853. The highest BCUT2D eigenvalue weighted by Crippen LogP contribution is 2.28. The SMILES string of the molecule is CCS(=O)(=O)C1CSCCN1C(=O)C(Cl)c1ccccc1. The summed E-state index contributed by atoms with van der Waals surface area (Å²) in [5, 5.41) is -1.61. The van der Waals surface area contributed by atoms with Gasteiger partial charge in [0, 0.05) is 23.8 Å². The fourth-order valence-corrected chi connectivity index (χ4v) is 5.48. The molecule has 4 nitrogen and oxygen atoms in total. The van der Waals surface area contributed by atoms with Crippen LogP contribution in [0.2, 0.25) is 0 Å². The van der Waals surface area contributed by atoms with Crippen molar-refractivity contribution in [3.8, 4) is 0 Å². The second-order valence-corrected chi connectivity index (χ2v) is 8.82. The number of hydrogen-bond donors (Lipinski definition) is 0. The van der Waals surface area contributed by atoms with Crippen LogP contribution in [0.4, 0.5) is 0 Å². The number of benzene rings is 1.